The molecule has 1 N–H and O–H groups in total. The van der Waals surface area contributed by atoms with Gasteiger partial charge >= 0.3 is 0 Å². The van der Waals surface area contributed by atoms with Gasteiger partial charge in [0.15, 0.2) is 0 Å². The third kappa shape index (κ3) is 3.29. The summed E-state index contributed by atoms with van der Waals surface area (Å²) in [7, 11) is -3.41. The van der Waals surface area contributed by atoms with Crippen molar-refractivity contribution in [3.63, 3.8) is 0 Å². The molecule has 2 aliphatic heterocycles. The van der Waals surface area contributed by atoms with E-state index in [1.54, 1.807) is 12.1 Å². The number of rotatable bonds is 5. The van der Waals surface area contributed by atoms with Crippen molar-refractivity contribution >= 4 is 10.0 Å². The van der Waals surface area contributed by atoms with E-state index in [9.17, 15) is 13.5 Å². The predicted octanol–water partition coefficient (Wildman–Crippen LogP) is 0.450. The highest BCUT2D eigenvalue weighted by molar-refractivity contribution is 7.89. The van der Waals surface area contributed by atoms with Crippen molar-refractivity contribution in [2.24, 2.45) is 0 Å². The molecule has 2 saturated heterocycles. The normalized spacial score (nSPS) is 27.3. The van der Waals surface area contributed by atoms with Gasteiger partial charge in [-0.1, -0.05) is 17.7 Å². The van der Waals surface area contributed by atoms with Crippen LogP contribution in [0.1, 0.15) is 12.5 Å². The standard InChI is InChI=1S/C16H24N2O4S/c1-3-22-16-11-17(10-15(16)19)13-8-18(9-13)23(20,21)14-6-4-12(2)5-7-14/h4-7,13,15-16,19H,3,8-11H2,1-2H3/t15-,16-/m0/s1. The Kier molecular flexibility index (Phi) is 4.75. The molecule has 0 saturated carbocycles. The number of hydrogen-bond donors (Lipinski definition) is 1. The highest BCUT2D eigenvalue weighted by atomic mass is 32.2. The zero-order valence-electron chi connectivity index (χ0n) is 13.6. The molecule has 0 aliphatic carbocycles. The fourth-order valence-corrected chi connectivity index (χ4v) is 4.68. The summed E-state index contributed by atoms with van der Waals surface area (Å²) in [5.41, 5.74) is 1.04. The van der Waals surface area contributed by atoms with Crippen LogP contribution in [-0.2, 0) is 14.8 Å². The first-order valence-electron chi connectivity index (χ1n) is 8.02. The summed E-state index contributed by atoms with van der Waals surface area (Å²) in [4.78, 5) is 2.47. The topological polar surface area (TPSA) is 70.1 Å². The molecule has 1 aromatic carbocycles. The Morgan fingerprint density at radius 1 is 1.17 bits per heavy atom. The molecular weight excluding hydrogens is 316 g/mol. The van der Waals surface area contributed by atoms with Crippen molar-refractivity contribution in [3.8, 4) is 0 Å². The zero-order valence-corrected chi connectivity index (χ0v) is 14.4. The number of aryl methyl sites for hydroxylation is 1. The SMILES string of the molecule is CCO[C@H]1CN(C2CN(S(=O)(=O)c3ccc(C)cc3)C2)C[C@@H]1O. The van der Waals surface area contributed by atoms with Crippen molar-refractivity contribution in [1.82, 2.24) is 9.21 Å². The van der Waals surface area contributed by atoms with Crippen LogP contribution in [0.5, 0.6) is 0 Å². The fraction of sp³-hybridized carbons (Fsp3) is 0.625. The van der Waals surface area contributed by atoms with Crippen LogP contribution in [0.15, 0.2) is 29.2 Å². The first-order chi connectivity index (χ1) is 10.9. The summed E-state index contributed by atoms with van der Waals surface area (Å²) in [5.74, 6) is 0. The number of nitrogens with zero attached hydrogens (tertiary/aromatic N) is 2. The summed E-state index contributed by atoms with van der Waals surface area (Å²) < 4.78 is 32.1. The molecule has 23 heavy (non-hydrogen) atoms. The first-order valence-corrected chi connectivity index (χ1v) is 9.46. The Bertz CT molecular complexity index is 641. The van der Waals surface area contributed by atoms with E-state index in [1.165, 1.54) is 4.31 Å². The van der Waals surface area contributed by atoms with E-state index in [-0.39, 0.29) is 12.1 Å². The Balaban J connectivity index is 1.59. The monoisotopic (exact) mass is 340 g/mol. The average Bonchev–Trinajstić information content (AvgIpc) is 2.79. The van der Waals surface area contributed by atoms with Crippen molar-refractivity contribution < 1.29 is 18.3 Å². The van der Waals surface area contributed by atoms with Gasteiger partial charge in [-0.15, -0.1) is 0 Å². The van der Waals surface area contributed by atoms with Gasteiger partial charge in [-0.25, -0.2) is 8.42 Å². The number of benzene rings is 1. The molecule has 3 rings (SSSR count). The van der Waals surface area contributed by atoms with E-state index in [2.05, 4.69) is 4.90 Å². The molecule has 0 spiro atoms. The largest absolute Gasteiger partial charge is 0.389 e. The molecule has 0 bridgehead atoms. The maximum absolute atomic E-state index is 12.6. The van der Waals surface area contributed by atoms with E-state index in [4.69, 9.17) is 4.74 Å². The Morgan fingerprint density at radius 2 is 1.83 bits per heavy atom. The number of aliphatic hydroxyl groups excluding tert-OH is 1. The molecule has 6 nitrogen and oxygen atoms in total. The lowest BCUT2D eigenvalue weighted by atomic mass is 10.1. The number of β-amino-alcohol motifs (C(OH)–C–C–N with tert-alkyl or cyclic N) is 1. The van der Waals surface area contributed by atoms with Crippen LogP contribution >= 0.6 is 0 Å². The maximum atomic E-state index is 12.6. The van der Waals surface area contributed by atoms with Crippen LogP contribution < -0.4 is 0 Å². The quantitative estimate of drug-likeness (QED) is 0.843. The van der Waals surface area contributed by atoms with E-state index >= 15 is 0 Å². The van der Waals surface area contributed by atoms with E-state index in [0.29, 0.717) is 37.7 Å². The van der Waals surface area contributed by atoms with E-state index < -0.39 is 16.1 Å². The van der Waals surface area contributed by atoms with Crippen molar-refractivity contribution in [2.45, 2.75) is 37.0 Å². The number of aliphatic hydroxyl groups is 1. The van der Waals surface area contributed by atoms with Crippen LogP contribution in [-0.4, -0.2) is 73.8 Å². The van der Waals surface area contributed by atoms with Crippen molar-refractivity contribution in [2.75, 3.05) is 32.8 Å². The molecule has 0 unspecified atom stereocenters. The second-order valence-electron chi connectivity index (χ2n) is 6.30. The lowest BCUT2D eigenvalue weighted by molar-refractivity contribution is -0.00305. The molecule has 1 aromatic rings. The van der Waals surface area contributed by atoms with Crippen LogP contribution in [0.3, 0.4) is 0 Å². The minimum Gasteiger partial charge on any atom is -0.389 e. The van der Waals surface area contributed by atoms with Gasteiger partial charge in [0.25, 0.3) is 0 Å². The highest BCUT2D eigenvalue weighted by Crippen LogP contribution is 2.27. The third-order valence-corrected chi connectivity index (χ3v) is 6.50. The predicted molar refractivity (Wildman–Crippen MR) is 86.7 cm³/mol. The second kappa shape index (κ2) is 6.49. The third-order valence-electron chi connectivity index (χ3n) is 4.65. The average molecular weight is 340 g/mol. The molecule has 0 radical (unpaired) electrons. The molecule has 2 atom stereocenters. The minimum atomic E-state index is -3.41. The van der Waals surface area contributed by atoms with Crippen LogP contribution in [0.4, 0.5) is 0 Å². The van der Waals surface area contributed by atoms with Crippen LogP contribution in [0.25, 0.3) is 0 Å². The van der Waals surface area contributed by atoms with Gasteiger partial charge in [-0.2, -0.15) is 4.31 Å². The molecule has 0 amide bonds. The zero-order chi connectivity index (χ0) is 16.6. The van der Waals surface area contributed by atoms with Crippen LogP contribution in [0.2, 0.25) is 0 Å². The van der Waals surface area contributed by atoms with Gasteiger partial charge in [-0.3, -0.25) is 4.90 Å². The van der Waals surface area contributed by atoms with E-state index in [1.807, 2.05) is 26.0 Å². The summed E-state index contributed by atoms with van der Waals surface area (Å²) in [6, 6.07) is 7.10. The first kappa shape index (κ1) is 16.9. The van der Waals surface area contributed by atoms with Crippen molar-refractivity contribution in [3.05, 3.63) is 29.8 Å². The Morgan fingerprint density at radius 3 is 2.43 bits per heavy atom. The van der Waals surface area contributed by atoms with Gasteiger partial charge in [-0.05, 0) is 26.0 Å². The van der Waals surface area contributed by atoms with E-state index in [0.717, 1.165) is 5.56 Å². The molecule has 7 heteroatoms. The number of sulfonamides is 1. The Labute approximate surface area is 137 Å². The molecule has 2 fully saturated rings. The number of hydrogen-bond acceptors (Lipinski definition) is 5. The summed E-state index contributed by atoms with van der Waals surface area (Å²) >= 11 is 0. The molecule has 0 aromatic heterocycles. The van der Waals surface area contributed by atoms with Gasteiger partial charge in [0.1, 0.15) is 0 Å². The number of ether oxygens (including phenoxy) is 1. The van der Waals surface area contributed by atoms with Gasteiger partial charge in [0.05, 0.1) is 17.1 Å². The second-order valence-corrected chi connectivity index (χ2v) is 8.24. The highest BCUT2D eigenvalue weighted by Gasteiger charge is 2.44. The maximum Gasteiger partial charge on any atom is 0.243 e. The summed E-state index contributed by atoms with van der Waals surface area (Å²) in [6.45, 7) is 6.59. The smallest absolute Gasteiger partial charge is 0.243 e. The number of likely N-dealkylation sites (tertiary alicyclic amines) is 1. The van der Waals surface area contributed by atoms with Gasteiger partial charge in [0.2, 0.25) is 10.0 Å². The molecule has 128 valence electrons. The van der Waals surface area contributed by atoms with Gasteiger partial charge in [0, 0.05) is 38.8 Å². The summed E-state index contributed by atoms with van der Waals surface area (Å²) in [6.07, 6.45) is -0.652. The van der Waals surface area contributed by atoms with Crippen LogP contribution in [0, 0.1) is 6.92 Å². The molecule has 2 aliphatic rings. The molecule has 2 heterocycles. The fourth-order valence-electron chi connectivity index (χ4n) is 3.16. The Hall–Kier alpha value is -0.990. The minimum absolute atomic E-state index is 0.162. The molecular formula is C16H24N2O4S. The van der Waals surface area contributed by atoms with Gasteiger partial charge < -0.3 is 9.84 Å². The lowest BCUT2D eigenvalue weighted by Gasteiger charge is -2.42. The van der Waals surface area contributed by atoms with Crippen molar-refractivity contribution in [1.29, 1.82) is 0 Å². The lowest BCUT2D eigenvalue weighted by Crippen LogP contribution is -2.60. The summed E-state index contributed by atoms with van der Waals surface area (Å²) in [5, 5.41) is 9.99.